The third-order valence-electron chi connectivity index (χ3n) is 4.99. The summed E-state index contributed by atoms with van der Waals surface area (Å²) < 4.78 is 1.75. The predicted octanol–water partition coefficient (Wildman–Crippen LogP) is 2.50. The highest BCUT2D eigenvalue weighted by Gasteiger charge is 2.23. The fourth-order valence-corrected chi connectivity index (χ4v) is 3.42. The minimum atomic E-state index is -0.895. The van der Waals surface area contributed by atoms with Gasteiger partial charge >= 0.3 is 5.97 Å². The van der Waals surface area contributed by atoms with Crippen LogP contribution in [0.15, 0.2) is 23.0 Å². The van der Waals surface area contributed by atoms with Crippen molar-refractivity contribution in [2.75, 3.05) is 0 Å². The number of rotatable bonds is 5. The Morgan fingerprint density at radius 3 is 2.78 bits per heavy atom. The van der Waals surface area contributed by atoms with E-state index < -0.39 is 11.5 Å². The molecule has 0 spiro atoms. The van der Waals surface area contributed by atoms with Crippen molar-refractivity contribution >= 4 is 22.8 Å². The molecule has 2 N–H and O–H groups in total. The van der Waals surface area contributed by atoms with Gasteiger partial charge in [0, 0.05) is 30.5 Å². The summed E-state index contributed by atoms with van der Waals surface area (Å²) in [6.07, 6.45) is 4.15. The summed E-state index contributed by atoms with van der Waals surface area (Å²) in [5.41, 5.74) is 0.247. The molecule has 0 bridgehead atoms. The molecule has 1 aliphatic rings. The number of hydrogen-bond donors (Lipinski definition) is 2. The number of carbonyl (C=O) groups excluding carboxylic acids is 1. The highest BCUT2D eigenvalue weighted by atomic mass is 16.4. The average Bonchev–Trinajstić information content (AvgIpc) is 2.85. The molecule has 2 aromatic rings. The van der Waals surface area contributed by atoms with Gasteiger partial charge in [0.15, 0.2) is 0 Å². The van der Waals surface area contributed by atoms with E-state index in [0.717, 1.165) is 31.5 Å². The topological polar surface area (TPSA) is 101 Å². The normalized spacial score (nSPS) is 14.4. The summed E-state index contributed by atoms with van der Waals surface area (Å²) >= 11 is 0. The first-order valence-electron chi connectivity index (χ1n) is 9.35. The number of nitrogens with zero attached hydrogens (tertiary/aromatic N) is 2. The standard InChI is InChI=1S/C20H25N3O4/c1-20(2,10-9-17(24)25)22-18(26)13-7-8-14-15(12-13)21-16-6-4-3-5-11-23(16)19(14)27/h7-8,12H,3-6,9-11H2,1-2H3,(H,22,26)(H,24,25). The van der Waals surface area contributed by atoms with E-state index in [4.69, 9.17) is 5.11 Å². The maximum Gasteiger partial charge on any atom is 0.303 e. The lowest BCUT2D eigenvalue weighted by Crippen LogP contribution is -2.43. The highest BCUT2D eigenvalue weighted by Crippen LogP contribution is 2.18. The number of aromatic nitrogens is 2. The zero-order valence-corrected chi connectivity index (χ0v) is 15.7. The molecule has 0 aliphatic carbocycles. The third kappa shape index (κ3) is 4.35. The Labute approximate surface area is 157 Å². The summed E-state index contributed by atoms with van der Waals surface area (Å²) in [7, 11) is 0. The maximum absolute atomic E-state index is 12.8. The van der Waals surface area contributed by atoms with E-state index in [2.05, 4.69) is 10.3 Å². The van der Waals surface area contributed by atoms with E-state index in [1.54, 1.807) is 36.6 Å². The van der Waals surface area contributed by atoms with Gasteiger partial charge in [0.2, 0.25) is 0 Å². The van der Waals surface area contributed by atoms with Crippen molar-refractivity contribution in [3.05, 3.63) is 39.9 Å². The summed E-state index contributed by atoms with van der Waals surface area (Å²) in [4.78, 5) is 40.8. The SMILES string of the molecule is CC(C)(CCC(=O)O)NC(=O)c1ccc2c(=O)n3c(nc2c1)CCCCC3. The predicted molar refractivity (Wildman–Crippen MR) is 102 cm³/mol. The third-order valence-corrected chi connectivity index (χ3v) is 4.99. The van der Waals surface area contributed by atoms with Crippen molar-refractivity contribution in [1.29, 1.82) is 0 Å². The molecular weight excluding hydrogens is 346 g/mol. The van der Waals surface area contributed by atoms with E-state index in [9.17, 15) is 14.4 Å². The van der Waals surface area contributed by atoms with Crippen LogP contribution < -0.4 is 10.9 Å². The molecule has 1 amide bonds. The van der Waals surface area contributed by atoms with Gasteiger partial charge in [0.05, 0.1) is 10.9 Å². The Bertz CT molecular complexity index is 946. The molecule has 0 atom stereocenters. The lowest BCUT2D eigenvalue weighted by atomic mass is 9.97. The molecule has 3 rings (SSSR count). The number of carboxylic acids is 1. The number of aryl methyl sites for hydroxylation is 1. The first kappa shape index (κ1) is 19.1. The van der Waals surface area contributed by atoms with E-state index in [1.807, 2.05) is 0 Å². The average molecular weight is 371 g/mol. The van der Waals surface area contributed by atoms with Crippen LogP contribution in [-0.2, 0) is 17.8 Å². The highest BCUT2D eigenvalue weighted by molar-refractivity contribution is 5.98. The number of benzene rings is 1. The Hall–Kier alpha value is -2.70. The zero-order valence-electron chi connectivity index (χ0n) is 15.7. The molecular formula is C20H25N3O4. The second-order valence-corrected chi connectivity index (χ2v) is 7.76. The van der Waals surface area contributed by atoms with Crippen molar-refractivity contribution in [3.8, 4) is 0 Å². The van der Waals surface area contributed by atoms with Crippen molar-refractivity contribution in [2.45, 2.75) is 64.5 Å². The fraction of sp³-hybridized carbons (Fsp3) is 0.500. The zero-order chi connectivity index (χ0) is 19.6. The molecule has 1 aromatic carbocycles. The number of carbonyl (C=O) groups is 2. The number of fused-ring (bicyclic) bond motifs is 2. The summed E-state index contributed by atoms with van der Waals surface area (Å²) in [6, 6.07) is 4.92. The number of aliphatic carboxylic acids is 1. The summed E-state index contributed by atoms with van der Waals surface area (Å²) in [5, 5.41) is 12.2. The van der Waals surface area contributed by atoms with Crippen LogP contribution in [0.5, 0.6) is 0 Å². The molecule has 0 saturated heterocycles. The largest absolute Gasteiger partial charge is 0.481 e. The minimum absolute atomic E-state index is 0.0184. The quantitative estimate of drug-likeness (QED) is 0.841. The van der Waals surface area contributed by atoms with Crippen molar-refractivity contribution < 1.29 is 14.7 Å². The number of hydrogen-bond acceptors (Lipinski definition) is 4. The molecule has 7 heteroatoms. The monoisotopic (exact) mass is 371 g/mol. The summed E-state index contributed by atoms with van der Waals surface area (Å²) in [6.45, 7) is 4.27. The lowest BCUT2D eigenvalue weighted by Gasteiger charge is -2.25. The van der Waals surface area contributed by atoms with E-state index >= 15 is 0 Å². The van der Waals surface area contributed by atoms with Crippen LogP contribution in [0.1, 0.15) is 62.1 Å². The van der Waals surface area contributed by atoms with Gasteiger partial charge in [0.1, 0.15) is 5.82 Å². The molecule has 0 unspecified atom stereocenters. The van der Waals surface area contributed by atoms with Gasteiger partial charge in [-0.15, -0.1) is 0 Å². The van der Waals surface area contributed by atoms with Crippen LogP contribution in [0.2, 0.25) is 0 Å². The van der Waals surface area contributed by atoms with Crippen molar-refractivity contribution in [1.82, 2.24) is 14.9 Å². The molecule has 1 aromatic heterocycles. The lowest BCUT2D eigenvalue weighted by molar-refractivity contribution is -0.137. The first-order valence-corrected chi connectivity index (χ1v) is 9.35. The van der Waals surface area contributed by atoms with Crippen molar-refractivity contribution in [2.24, 2.45) is 0 Å². The van der Waals surface area contributed by atoms with E-state index in [1.165, 1.54) is 0 Å². The Kier molecular flexibility index (Phi) is 5.30. The molecule has 2 heterocycles. The smallest absolute Gasteiger partial charge is 0.303 e. The van der Waals surface area contributed by atoms with Gasteiger partial charge in [-0.25, -0.2) is 4.98 Å². The van der Waals surface area contributed by atoms with Crippen LogP contribution >= 0.6 is 0 Å². The van der Waals surface area contributed by atoms with Gasteiger partial charge in [-0.3, -0.25) is 19.0 Å². The van der Waals surface area contributed by atoms with Crippen LogP contribution in [0, 0.1) is 0 Å². The van der Waals surface area contributed by atoms with Crippen molar-refractivity contribution in [3.63, 3.8) is 0 Å². The minimum Gasteiger partial charge on any atom is -0.481 e. The van der Waals surface area contributed by atoms with Crippen LogP contribution in [0.3, 0.4) is 0 Å². The van der Waals surface area contributed by atoms with Gasteiger partial charge < -0.3 is 10.4 Å². The molecule has 144 valence electrons. The van der Waals surface area contributed by atoms with Gasteiger partial charge in [-0.2, -0.15) is 0 Å². The molecule has 0 saturated carbocycles. The maximum atomic E-state index is 12.8. The molecule has 0 fully saturated rings. The number of nitrogens with one attached hydrogen (secondary N) is 1. The number of carboxylic acid groups (broad SMARTS) is 1. The van der Waals surface area contributed by atoms with Crippen LogP contribution in [-0.4, -0.2) is 32.1 Å². The molecule has 7 nitrogen and oxygen atoms in total. The Balaban J connectivity index is 1.89. The van der Waals surface area contributed by atoms with E-state index in [-0.39, 0.29) is 17.9 Å². The molecule has 27 heavy (non-hydrogen) atoms. The second-order valence-electron chi connectivity index (χ2n) is 7.76. The number of amides is 1. The molecule has 1 aliphatic heterocycles. The van der Waals surface area contributed by atoms with E-state index in [0.29, 0.717) is 29.4 Å². The van der Waals surface area contributed by atoms with Gasteiger partial charge in [0.25, 0.3) is 11.5 Å². The second kappa shape index (κ2) is 7.50. The van der Waals surface area contributed by atoms with Gasteiger partial charge in [-0.1, -0.05) is 6.42 Å². The Morgan fingerprint density at radius 2 is 2.04 bits per heavy atom. The van der Waals surface area contributed by atoms with Gasteiger partial charge in [-0.05, 0) is 51.3 Å². The summed E-state index contributed by atoms with van der Waals surface area (Å²) in [5.74, 6) is -0.415. The first-order chi connectivity index (χ1) is 12.8. The Morgan fingerprint density at radius 1 is 1.26 bits per heavy atom. The van der Waals surface area contributed by atoms with Crippen LogP contribution in [0.4, 0.5) is 0 Å². The molecule has 0 radical (unpaired) electrons. The van der Waals surface area contributed by atoms with Crippen LogP contribution in [0.25, 0.3) is 10.9 Å². The fourth-order valence-electron chi connectivity index (χ4n) is 3.42.